The highest BCUT2D eigenvalue weighted by molar-refractivity contribution is 7.14. The molecule has 3 aromatic rings. The molecule has 0 aliphatic rings. The SMILES string of the molecule is COc1cc(OC)c(C=Nn2c(-c3cccs3)csc2=NC(C)C)c(OC)c1. The van der Waals surface area contributed by atoms with E-state index in [1.165, 1.54) is 0 Å². The molecule has 0 atom stereocenters. The fourth-order valence-electron chi connectivity index (χ4n) is 2.59. The van der Waals surface area contributed by atoms with Crippen LogP contribution in [0.2, 0.25) is 0 Å². The molecule has 0 radical (unpaired) electrons. The molecule has 0 saturated heterocycles. The molecule has 2 heterocycles. The van der Waals surface area contributed by atoms with Crippen molar-refractivity contribution < 1.29 is 14.2 Å². The lowest BCUT2D eigenvalue weighted by Gasteiger charge is -2.12. The number of ether oxygens (including phenoxy) is 3. The van der Waals surface area contributed by atoms with Crippen molar-refractivity contribution in [1.29, 1.82) is 0 Å². The Morgan fingerprint density at radius 1 is 1.04 bits per heavy atom. The maximum atomic E-state index is 5.52. The number of methoxy groups -OCH3 is 3. The molecule has 0 saturated carbocycles. The fourth-order valence-corrected chi connectivity index (χ4v) is 4.35. The lowest BCUT2D eigenvalue weighted by molar-refractivity contribution is 0.374. The Hall–Kier alpha value is -2.58. The van der Waals surface area contributed by atoms with Gasteiger partial charge in [0.15, 0.2) is 0 Å². The molecule has 0 aliphatic heterocycles. The first-order chi connectivity index (χ1) is 13.6. The average molecular weight is 418 g/mol. The normalized spacial score (nSPS) is 12.1. The van der Waals surface area contributed by atoms with Crippen molar-refractivity contribution in [3.05, 3.63) is 45.4 Å². The predicted molar refractivity (Wildman–Crippen MR) is 115 cm³/mol. The molecule has 0 bridgehead atoms. The number of hydrogen-bond acceptors (Lipinski definition) is 7. The van der Waals surface area contributed by atoms with Crippen molar-refractivity contribution >= 4 is 28.9 Å². The van der Waals surface area contributed by atoms with Gasteiger partial charge in [-0.2, -0.15) is 5.10 Å². The summed E-state index contributed by atoms with van der Waals surface area (Å²) in [5, 5.41) is 8.86. The molecular formula is C20H23N3O3S2. The Kier molecular flexibility index (Phi) is 6.53. The summed E-state index contributed by atoms with van der Waals surface area (Å²) in [5.41, 5.74) is 1.74. The lowest BCUT2D eigenvalue weighted by atomic mass is 10.2. The van der Waals surface area contributed by atoms with Crippen LogP contribution in [0.3, 0.4) is 0 Å². The summed E-state index contributed by atoms with van der Waals surface area (Å²) in [6, 6.07) is 7.89. The molecule has 0 unspecified atom stereocenters. The van der Waals surface area contributed by atoms with E-state index in [4.69, 9.17) is 24.3 Å². The highest BCUT2D eigenvalue weighted by Crippen LogP contribution is 2.33. The maximum absolute atomic E-state index is 5.52. The topological polar surface area (TPSA) is 57.3 Å². The Balaban J connectivity index is 2.14. The van der Waals surface area contributed by atoms with Gasteiger partial charge in [0, 0.05) is 23.6 Å². The first kappa shape index (κ1) is 20.2. The standard InChI is InChI=1S/C20H23N3O3S2/c1-13(2)22-20-23(16(12-28-20)19-7-6-8-27-19)21-11-15-17(25-4)9-14(24-3)10-18(15)26-5/h6-13H,1-5H3. The number of thiazole rings is 1. The van der Waals surface area contributed by atoms with Crippen LogP contribution in [0.1, 0.15) is 19.4 Å². The smallest absolute Gasteiger partial charge is 0.206 e. The van der Waals surface area contributed by atoms with Gasteiger partial charge in [-0.3, -0.25) is 4.99 Å². The van der Waals surface area contributed by atoms with Gasteiger partial charge in [-0.15, -0.1) is 22.7 Å². The third-order valence-electron chi connectivity index (χ3n) is 3.88. The summed E-state index contributed by atoms with van der Waals surface area (Å²) in [5.74, 6) is 1.90. The molecule has 28 heavy (non-hydrogen) atoms. The van der Waals surface area contributed by atoms with Crippen LogP contribution in [0.5, 0.6) is 17.2 Å². The number of thiophene rings is 1. The van der Waals surface area contributed by atoms with Crippen molar-refractivity contribution in [2.75, 3.05) is 21.3 Å². The van der Waals surface area contributed by atoms with Crippen molar-refractivity contribution in [1.82, 2.24) is 4.68 Å². The Morgan fingerprint density at radius 3 is 2.29 bits per heavy atom. The van der Waals surface area contributed by atoms with Crippen LogP contribution in [0.4, 0.5) is 0 Å². The lowest BCUT2D eigenvalue weighted by Crippen LogP contribution is -2.14. The quantitative estimate of drug-likeness (QED) is 0.532. The van der Waals surface area contributed by atoms with Crippen LogP contribution in [0, 0.1) is 0 Å². The van der Waals surface area contributed by atoms with Gasteiger partial charge in [0.2, 0.25) is 4.80 Å². The van der Waals surface area contributed by atoms with Crippen LogP contribution >= 0.6 is 22.7 Å². The van der Waals surface area contributed by atoms with Crippen molar-refractivity contribution in [3.63, 3.8) is 0 Å². The fraction of sp³-hybridized carbons (Fsp3) is 0.300. The number of aromatic nitrogens is 1. The zero-order valence-corrected chi connectivity index (χ0v) is 18.1. The first-order valence-corrected chi connectivity index (χ1v) is 10.5. The zero-order valence-electron chi connectivity index (χ0n) is 16.5. The van der Waals surface area contributed by atoms with E-state index in [0.717, 1.165) is 20.9 Å². The van der Waals surface area contributed by atoms with Gasteiger partial charge in [0.1, 0.15) is 17.2 Å². The first-order valence-electron chi connectivity index (χ1n) is 8.70. The van der Waals surface area contributed by atoms with E-state index in [9.17, 15) is 0 Å². The minimum atomic E-state index is 0.168. The molecule has 2 aromatic heterocycles. The van der Waals surface area contributed by atoms with Crippen LogP contribution in [-0.4, -0.2) is 38.3 Å². The third kappa shape index (κ3) is 4.28. The average Bonchev–Trinajstić information content (AvgIpc) is 3.35. The van der Waals surface area contributed by atoms with Crippen LogP contribution in [0.25, 0.3) is 10.6 Å². The minimum absolute atomic E-state index is 0.168. The van der Waals surface area contributed by atoms with E-state index >= 15 is 0 Å². The maximum Gasteiger partial charge on any atom is 0.206 e. The van der Waals surface area contributed by atoms with Crippen LogP contribution < -0.4 is 19.0 Å². The van der Waals surface area contributed by atoms with Crippen molar-refractivity contribution in [2.45, 2.75) is 19.9 Å². The van der Waals surface area contributed by atoms with Gasteiger partial charge in [-0.1, -0.05) is 6.07 Å². The Labute approximate surface area is 172 Å². The monoisotopic (exact) mass is 417 g/mol. The molecule has 0 fully saturated rings. The van der Waals surface area contributed by atoms with Gasteiger partial charge in [0.05, 0.1) is 43.7 Å². The van der Waals surface area contributed by atoms with Crippen molar-refractivity contribution in [3.8, 4) is 27.8 Å². The van der Waals surface area contributed by atoms with E-state index in [-0.39, 0.29) is 6.04 Å². The summed E-state index contributed by atoms with van der Waals surface area (Å²) in [7, 11) is 4.83. The zero-order chi connectivity index (χ0) is 20.1. The summed E-state index contributed by atoms with van der Waals surface area (Å²) < 4.78 is 18.2. The number of nitrogens with zero attached hydrogens (tertiary/aromatic N) is 3. The number of hydrogen-bond donors (Lipinski definition) is 0. The van der Waals surface area contributed by atoms with Gasteiger partial charge in [-0.05, 0) is 25.3 Å². The third-order valence-corrected chi connectivity index (χ3v) is 5.61. The van der Waals surface area contributed by atoms with E-state index in [1.807, 2.05) is 36.7 Å². The summed E-state index contributed by atoms with van der Waals surface area (Å²) in [6.07, 6.45) is 1.74. The minimum Gasteiger partial charge on any atom is -0.496 e. The van der Waals surface area contributed by atoms with Crippen LogP contribution in [-0.2, 0) is 0 Å². The van der Waals surface area contributed by atoms with Crippen molar-refractivity contribution in [2.24, 2.45) is 10.1 Å². The number of benzene rings is 1. The summed E-state index contributed by atoms with van der Waals surface area (Å²) in [6.45, 7) is 4.10. The molecule has 0 amide bonds. The van der Waals surface area contributed by atoms with E-state index in [0.29, 0.717) is 17.2 Å². The highest BCUT2D eigenvalue weighted by atomic mass is 32.1. The Morgan fingerprint density at radius 2 is 1.75 bits per heavy atom. The Bertz CT molecular complexity index is 993. The van der Waals surface area contributed by atoms with Crippen LogP contribution in [0.15, 0.2) is 45.1 Å². The van der Waals surface area contributed by atoms with Gasteiger partial charge in [-0.25, -0.2) is 4.68 Å². The molecular weight excluding hydrogens is 394 g/mol. The summed E-state index contributed by atoms with van der Waals surface area (Å²) >= 11 is 3.24. The second-order valence-electron chi connectivity index (χ2n) is 6.11. The largest absolute Gasteiger partial charge is 0.496 e. The second kappa shape index (κ2) is 9.07. The molecule has 3 rings (SSSR count). The molecule has 0 spiro atoms. The molecule has 0 N–H and O–H groups in total. The van der Waals surface area contributed by atoms with E-state index in [1.54, 1.807) is 50.2 Å². The van der Waals surface area contributed by atoms with Gasteiger partial charge < -0.3 is 14.2 Å². The van der Waals surface area contributed by atoms with Gasteiger partial charge in [0.25, 0.3) is 0 Å². The second-order valence-corrected chi connectivity index (χ2v) is 7.89. The molecule has 8 heteroatoms. The number of rotatable bonds is 7. The predicted octanol–water partition coefficient (Wildman–Crippen LogP) is 4.50. The van der Waals surface area contributed by atoms with E-state index < -0.39 is 0 Å². The van der Waals surface area contributed by atoms with Gasteiger partial charge >= 0.3 is 0 Å². The molecule has 1 aromatic carbocycles. The van der Waals surface area contributed by atoms with E-state index in [2.05, 4.69) is 16.8 Å². The molecule has 6 nitrogen and oxygen atoms in total. The molecule has 148 valence electrons. The highest BCUT2D eigenvalue weighted by Gasteiger charge is 2.13. The summed E-state index contributed by atoms with van der Waals surface area (Å²) in [4.78, 5) is 6.67. The molecule has 0 aliphatic carbocycles.